The zero-order valence-electron chi connectivity index (χ0n) is 19.7. The number of H-pyrrole nitrogens is 1. The number of aromatic nitrogens is 3. The Morgan fingerprint density at radius 1 is 1.17 bits per heavy atom. The third-order valence-corrected chi connectivity index (χ3v) is 7.64. The molecule has 35 heavy (non-hydrogen) atoms. The maximum atomic E-state index is 12.5. The van der Waals surface area contributed by atoms with E-state index >= 15 is 0 Å². The lowest BCUT2D eigenvalue weighted by Gasteiger charge is -2.37. The van der Waals surface area contributed by atoms with E-state index < -0.39 is 0 Å². The summed E-state index contributed by atoms with van der Waals surface area (Å²) in [5.74, 6) is 0.0298. The third-order valence-electron chi connectivity index (χ3n) is 6.87. The minimum absolute atomic E-state index is 0.0298. The van der Waals surface area contributed by atoms with E-state index in [1.165, 1.54) is 5.69 Å². The molecule has 180 valence electrons. The number of carbonyl (C=O) groups excluding carboxylic acids is 1. The molecule has 0 radical (unpaired) electrons. The van der Waals surface area contributed by atoms with Gasteiger partial charge in [-0.1, -0.05) is 0 Å². The Balaban J connectivity index is 1.13. The molecule has 2 aliphatic rings. The zero-order chi connectivity index (χ0) is 23.9. The Bertz CT molecular complexity index is 1470. The smallest absolute Gasteiger partial charge is 0.330 e. The molecule has 0 spiro atoms. The van der Waals surface area contributed by atoms with Crippen molar-refractivity contribution in [3.05, 3.63) is 70.4 Å². The van der Waals surface area contributed by atoms with E-state index in [1.54, 1.807) is 22.4 Å². The summed E-state index contributed by atoms with van der Waals surface area (Å²) in [6.45, 7) is 4.50. The van der Waals surface area contributed by atoms with E-state index in [0.29, 0.717) is 6.04 Å². The molecule has 0 unspecified atom stereocenters. The van der Waals surface area contributed by atoms with E-state index in [2.05, 4.69) is 37.4 Å². The van der Waals surface area contributed by atoms with E-state index in [4.69, 9.17) is 0 Å². The lowest BCUT2D eigenvalue weighted by Crippen LogP contribution is -2.46. The summed E-state index contributed by atoms with van der Waals surface area (Å²) in [7, 11) is 0. The molecule has 1 aliphatic heterocycles. The minimum Gasteiger partial charge on any atom is -0.368 e. The van der Waals surface area contributed by atoms with Crippen molar-refractivity contribution in [1.82, 2.24) is 24.6 Å². The van der Waals surface area contributed by atoms with Crippen LogP contribution in [-0.4, -0.2) is 63.7 Å². The maximum Gasteiger partial charge on any atom is 0.330 e. The lowest BCUT2D eigenvalue weighted by atomic mass is 10.1. The van der Waals surface area contributed by atoms with Crippen LogP contribution in [0.5, 0.6) is 0 Å². The Morgan fingerprint density at radius 3 is 2.77 bits per heavy atom. The van der Waals surface area contributed by atoms with Gasteiger partial charge in [0.25, 0.3) is 5.91 Å². The monoisotopic (exact) mass is 488 g/mol. The summed E-state index contributed by atoms with van der Waals surface area (Å²) in [6, 6.07) is 12.2. The molecule has 6 rings (SSSR count). The van der Waals surface area contributed by atoms with Gasteiger partial charge in [0.2, 0.25) is 0 Å². The van der Waals surface area contributed by atoms with Gasteiger partial charge in [-0.25, -0.2) is 4.79 Å². The van der Waals surface area contributed by atoms with Crippen molar-refractivity contribution in [3.8, 4) is 0 Å². The highest BCUT2D eigenvalue weighted by Crippen LogP contribution is 2.31. The Kier molecular flexibility index (Phi) is 5.74. The van der Waals surface area contributed by atoms with Gasteiger partial charge in [0, 0.05) is 61.6 Å². The summed E-state index contributed by atoms with van der Waals surface area (Å²) >= 11 is 1.69. The first-order valence-corrected chi connectivity index (χ1v) is 13.3. The van der Waals surface area contributed by atoms with E-state index in [0.717, 1.165) is 78.1 Å². The van der Waals surface area contributed by atoms with Crippen LogP contribution in [0.3, 0.4) is 0 Å². The molecule has 1 saturated heterocycles. The van der Waals surface area contributed by atoms with Crippen LogP contribution >= 0.6 is 11.8 Å². The van der Waals surface area contributed by atoms with Gasteiger partial charge in [0.05, 0.1) is 16.7 Å². The van der Waals surface area contributed by atoms with Crippen molar-refractivity contribution in [3.63, 3.8) is 0 Å². The number of aromatic amines is 1. The molecule has 1 aliphatic carbocycles. The van der Waals surface area contributed by atoms with Crippen molar-refractivity contribution in [2.45, 2.75) is 30.3 Å². The van der Waals surface area contributed by atoms with Crippen LogP contribution in [0.4, 0.5) is 5.69 Å². The number of carbonyl (C=O) groups is 1. The third kappa shape index (κ3) is 4.41. The number of amides is 1. The predicted molar refractivity (Wildman–Crippen MR) is 140 cm³/mol. The summed E-state index contributed by atoms with van der Waals surface area (Å²) < 4.78 is 1.59. The predicted octanol–water partition coefficient (Wildman–Crippen LogP) is 3.11. The van der Waals surface area contributed by atoms with Crippen molar-refractivity contribution in [1.29, 1.82) is 0 Å². The number of nitrogens with zero attached hydrogens (tertiary/aromatic N) is 4. The fraction of sp³-hybridized carbons (Fsp3) is 0.346. The van der Waals surface area contributed by atoms with E-state index in [1.807, 2.05) is 36.5 Å². The first-order chi connectivity index (χ1) is 17.1. The van der Waals surface area contributed by atoms with Crippen LogP contribution in [0, 0.1) is 0 Å². The molecule has 4 heterocycles. The second kappa shape index (κ2) is 9.05. The topological polar surface area (TPSA) is 85.7 Å². The van der Waals surface area contributed by atoms with Crippen LogP contribution < -0.4 is 15.9 Å². The van der Waals surface area contributed by atoms with Crippen LogP contribution in [-0.2, 0) is 6.54 Å². The van der Waals surface area contributed by atoms with E-state index in [-0.39, 0.29) is 11.6 Å². The molecule has 0 bridgehead atoms. The molecular formula is C26H28N6O2S. The Morgan fingerprint density at radius 2 is 2.00 bits per heavy atom. The number of thioether (sulfide) groups is 1. The molecule has 3 aromatic heterocycles. The van der Waals surface area contributed by atoms with Gasteiger partial charge >= 0.3 is 5.69 Å². The van der Waals surface area contributed by atoms with Crippen molar-refractivity contribution < 1.29 is 4.79 Å². The fourth-order valence-electron chi connectivity index (χ4n) is 4.80. The highest BCUT2D eigenvalue weighted by Gasteiger charge is 2.25. The molecule has 2 N–H and O–H groups in total. The zero-order valence-corrected chi connectivity index (χ0v) is 20.5. The quantitative estimate of drug-likeness (QED) is 0.406. The molecule has 8 nitrogen and oxygen atoms in total. The molecule has 4 aromatic rings. The second-order valence-corrected chi connectivity index (χ2v) is 10.2. The number of benzene rings is 1. The van der Waals surface area contributed by atoms with Gasteiger partial charge in [-0.05, 0) is 61.1 Å². The van der Waals surface area contributed by atoms with Crippen molar-refractivity contribution in [2.24, 2.45) is 0 Å². The fourth-order valence-corrected chi connectivity index (χ4v) is 5.45. The molecule has 0 atom stereocenters. The van der Waals surface area contributed by atoms with Crippen molar-refractivity contribution in [2.75, 3.05) is 37.3 Å². The van der Waals surface area contributed by atoms with E-state index in [9.17, 15) is 9.59 Å². The lowest BCUT2D eigenvalue weighted by molar-refractivity contribution is 0.0951. The molecule has 1 amide bonds. The standard InChI is InChI=1S/C26H28N6O2S/c1-35-23-14-18(25(33)28-19-5-6-19)4-7-21(23)31-11-9-30(10-12-31)16-17-13-20-24(27-15-17)22-3-2-8-32(22)26(34)29-20/h2-4,7-8,13-15,19H,5-6,9-12,16H2,1H3,(H,28,33)(H,29,34). The van der Waals surface area contributed by atoms with Crippen LogP contribution in [0.2, 0.25) is 0 Å². The van der Waals surface area contributed by atoms with Crippen LogP contribution in [0.1, 0.15) is 28.8 Å². The number of piperazine rings is 1. The number of fused-ring (bicyclic) bond motifs is 3. The van der Waals surface area contributed by atoms with Gasteiger partial charge < -0.3 is 15.2 Å². The first-order valence-electron chi connectivity index (χ1n) is 12.0. The largest absolute Gasteiger partial charge is 0.368 e. The number of nitrogens with one attached hydrogen (secondary N) is 2. The number of rotatable bonds is 6. The van der Waals surface area contributed by atoms with Gasteiger partial charge in [-0.15, -0.1) is 11.8 Å². The highest BCUT2D eigenvalue weighted by molar-refractivity contribution is 7.98. The number of hydrogen-bond acceptors (Lipinski definition) is 6. The maximum absolute atomic E-state index is 12.5. The average molecular weight is 489 g/mol. The number of pyridine rings is 1. The summed E-state index contributed by atoms with van der Waals surface area (Å²) in [4.78, 5) is 38.4. The normalized spacial score (nSPS) is 16.8. The molecule has 9 heteroatoms. The number of anilines is 1. The van der Waals surface area contributed by atoms with Gasteiger partial charge in [0.15, 0.2) is 0 Å². The Labute approximate surface area is 207 Å². The molecule has 2 fully saturated rings. The van der Waals surface area contributed by atoms with Gasteiger partial charge in [0.1, 0.15) is 5.52 Å². The first kappa shape index (κ1) is 22.2. The summed E-state index contributed by atoms with van der Waals surface area (Å²) in [5, 5.41) is 3.08. The van der Waals surface area contributed by atoms with Crippen molar-refractivity contribution >= 4 is 39.9 Å². The summed E-state index contributed by atoms with van der Waals surface area (Å²) in [5.41, 5.74) is 5.28. The van der Waals surface area contributed by atoms with Gasteiger partial charge in [-0.3, -0.25) is 19.1 Å². The van der Waals surface area contributed by atoms with Crippen LogP contribution in [0.25, 0.3) is 16.6 Å². The van der Waals surface area contributed by atoms with Gasteiger partial charge in [-0.2, -0.15) is 0 Å². The Hall–Kier alpha value is -3.30. The molecular weight excluding hydrogens is 460 g/mol. The molecule has 1 saturated carbocycles. The minimum atomic E-state index is -0.147. The average Bonchev–Trinajstić information content (AvgIpc) is 3.54. The summed E-state index contributed by atoms with van der Waals surface area (Å²) in [6.07, 6.45) is 7.91. The SMILES string of the molecule is CSc1cc(C(=O)NC2CC2)ccc1N1CCN(Cc2cnc3c(c2)[nH]c(=O)n2cccc32)CC1. The molecule has 1 aromatic carbocycles. The van der Waals surface area contributed by atoms with Crippen LogP contribution in [0.15, 0.2) is 58.5 Å². The highest BCUT2D eigenvalue weighted by atomic mass is 32.2. The second-order valence-electron chi connectivity index (χ2n) is 9.33. The number of hydrogen-bond donors (Lipinski definition) is 2.